The van der Waals surface area contributed by atoms with Crippen LogP contribution in [0.15, 0.2) is 47.6 Å². The Kier molecular flexibility index (Phi) is 7.09. The van der Waals surface area contributed by atoms with E-state index in [1.807, 2.05) is 19.1 Å². The van der Waals surface area contributed by atoms with Crippen molar-refractivity contribution >= 4 is 29.7 Å². The number of nitrogens with one attached hydrogen (secondary N) is 2. The number of rotatable bonds is 7. The molecule has 0 aromatic heterocycles. The van der Waals surface area contributed by atoms with Gasteiger partial charge in [0.05, 0.1) is 13.3 Å². The molecule has 9 nitrogen and oxygen atoms in total. The van der Waals surface area contributed by atoms with Gasteiger partial charge in [-0.05, 0) is 42.8 Å². The number of amides is 2. The van der Waals surface area contributed by atoms with Gasteiger partial charge in [-0.25, -0.2) is 10.2 Å². The predicted octanol–water partition coefficient (Wildman–Crippen LogP) is 1.56. The highest BCUT2D eigenvalue weighted by Gasteiger charge is 2.13. The second-order valence-electron chi connectivity index (χ2n) is 5.61. The standard InChI is InChI=1S/C19H19N3O6/c1-12-3-6-14(7-4-12)21-18(25)19(26)22-20-10-13-5-8-15(16(9-13)27-2)28-11-17(23)24/h3-10H,11H2,1-2H3,(H,21,25)(H,22,26)(H,23,24)/b20-10-. The molecule has 146 valence electrons. The molecule has 2 rings (SSSR count). The van der Waals surface area contributed by atoms with E-state index in [1.54, 1.807) is 24.3 Å². The molecule has 2 amide bonds. The lowest BCUT2D eigenvalue weighted by Gasteiger charge is -2.09. The van der Waals surface area contributed by atoms with Gasteiger partial charge in [-0.15, -0.1) is 0 Å². The summed E-state index contributed by atoms with van der Waals surface area (Å²) in [4.78, 5) is 34.2. The summed E-state index contributed by atoms with van der Waals surface area (Å²) in [6.45, 7) is 1.41. The van der Waals surface area contributed by atoms with Crippen LogP contribution >= 0.6 is 0 Å². The SMILES string of the molecule is COc1cc(/C=N\NC(=O)C(=O)Nc2ccc(C)cc2)ccc1OCC(=O)O. The fraction of sp³-hybridized carbons (Fsp3) is 0.158. The van der Waals surface area contributed by atoms with E-state index in [-0.39, 0.29) is 5.75 Å². The summed E-state index contributed by atoms with van der Waals surface area (Å²) in [6, 6.07) is 11.6. The molecular weight excluding hydrogens is 366 g/mol. The van der Waals surface area contributed by atoms with E-state index < -0.39 is 24.4 Å². The number of anilines is 1. The maximum atomic E-state index is 11.8. The largest absolute Gasteiger partial charge is 0.493 e. The van der Waals surface area contributed by atoms with E-state index in [4.69, 9.17) is 14.6 Å². The Hall–Kier alpha value is -3.88. The average Bonchev–Trinajstić information content (AvgIpc) is 2.68. The van der Waals surface area contributed by atoms with Crippen LogP contribution in [0, 0.1) is 6.92 Å². The number of carboxylic acid groups (broad SMARTS) is 1. The molecule has 0 aliphatic rings. The molecule has 0 saturated heterocycles. The summed E-state index contributed by atoms with van der Waals surface area (Å²) < 4.78 is 10.2. The number of hydrogen-bond acceptors (Lipinski definition) is 6. The first-order valence-corrected chi connectivity index (χ1v) is 8.12. The third-order valence-corrected chi connectivity index (χ3v) is 3.43. The highest BCUT2D eigenvalue weighted by Crippen LogP contribution is 2.27. The monoisotopic (exact) mass is 385 g/mol. The normalized spacial score (nSPS) is 10.4. The summed E-state index contributed by atoms with van der Waals surface area (Å²) in [5, 5.41) is 14.8. The number of carboxylic acids is 1. The van der Waals surface area contributed by atoms with Crippen molar-refractivity contribution in [2.24, 2.45) is 5.10 Å². The predicted molar refractivity (Wildman–Crippen MR) is 102 cm³/mol. The fourth-order valence-electron chi connectivity index (χ4n) is 2.06. The van der Waals surface area contributed by atoms with Gasteiger partial charge in [-0.2, -0.15) is 5.10 Å². The summed E-state index contributed by atoms with van der Waals surface area (Å²) in [7, 11) is 1.40. The van der Waals surface area contributed by atoms with E-state index in [9.17, 15) is 14.4 Å². The number of carbonyl (C=O) groups excluding carboxylic acids is 2. The maximum absolute atomic E-state index is 11.8. The number of aliphatic carboxylic acids is 1. The Morgan fingerprint density at radius 1 is 1.07 bits per heavy atom. The van der Waals surface area contributed by atoms with Gasteiger partial charge in [-0.3, -0.25) is 9.59 Å². The molecule has 0 unspecified atom stereocenters. The lowest BCUT2D eigenvalue weighted by atomic mass is 10.2. The highest BCUT2D eigenvalue weighted by atomic mass is 16.5. The molecule has 0 spiro atoms. The zero-order valence-electron chi connectivity index (χ0n) is 15.3. The first-order valence-electron chi connectivity index (χ1n) is 8.12. The summed E-state index contributed by atoms with van der Waals surface area (Å²) in [5.74, 6) is -2.34. The van der Waals surface area contributed by atoms with Crippen molar-refractivity contribution in [2.75, 3.05) is 19.0 Å². The van der Waals surface area contributed by atoms with Gasteiger partial charge in [0.1, 0.15) is 0 Å². The van der Waals surface area contributed by atoms with E-state index in [0.29, 0.717) is 17.0 Å². The van der Waals surface area contributed by atoms with Crippen LogP contribution in [0.1, 0.15) is 11.1 Å². The first kappa shape index (κ1) is 20.4. The molecule has 0 saturated carbocycles. The lowest BCUT2D eigenvalue weighted by molar-refractivity contribution is -0.139. The van der Waals surface area contributed by atoms with Gasteiger partial charge < -0.3 is 19.9 Å². The van der Waals surface area contributed by atoms with Gasteiger partial charge in [0, 0.05) is 5.69 Å². The third kappa shape index (κ3) is 6.13. The Labute approximate surface area is 161 Å². The van der Waals surface area contributed by atoms with Gasteiger partial charge in [0.25, 0.3) is 0 Å². The third-order valence-electron chi connectivity index (χ3n) is 3.43. The topological polar surface area (TPSA) is 126 Å². The summed E-state index contributed by atoms with van der Waals surface area (Å²) in [6.07, 6.45) is 1.31. The number of nitrogens with zero attached hydrogens (tertiary/aromatic N) is 1. The molecule has 3 N–H and O–H groups in total. The smallest absolute Gasteiger partial charge is 0.341 e. The van der Waals surface area contributed by atoms with E-state index in [0.717, 1.165) is 5.56 Å². The van der Waals surface area contributed by atoms with Gasteiger partial charge in [-0.1, -0.05) is 17.7 Å². The second-order valence-corrected chi connectivity index (χ2v) is 5.61. The van der Waals surface area contributed by atoms with Crippen LogP contribution in [0.4, 0.5) is 5.69 Å². The van der Waals surface area contributed by atoms with Crippen molar-refractivity contribution in [3.8, 4) is 11.5 Å². The van der Waals surface area contributed by atoms with E-state index in [2.05, 4.69) is 15.8 Å². The molecule has 0 fully saturated rings. The van der Waals surface area contributed by atoms with Crippen molar-refractivity contribution < 1.29 is 29.0 Å². The molecule has 0 bridgehead atoms. The number of hydrogen-bond donors (Lipinski definition) is 3. The number of hydrazone groups is 1. The van der Waals surface area contributed by atoms with Crippen molar-refractivity contribution in [3.05, 3.63) is 53.6 Å². The van der Waals surface area contributed by atoms with Gasteiger partial charge in [0.15, 0.2) is 18.1 Å². The van der Waals surface area contributed by atoms with Gasteiger partial charge in [0.2, 0.25) is 0 Å². The van der Waals surface area contributed by atoms with Crippen LogP contribution in [0.25, 0.3) is 0 Å². The van der Waals surface area contributed by atoms with Crippen LogP contribution in [-0.4, -0.2) is 42.8 Å². The quantitative estimate of drug-likeness (QED) is 0.377. The minimum Gasteiger partial charge on any atom is -0.493 e. The Morgan fingerprint density at radius 2 is 1.79 bits per heavy atom. The first-order chi connectivity index (χ1) is 13.4. The Morgan fingerprint density at radius 3 is 2.43 bits per heavy atom. The number of carbonyl (C=O) groups is 3. The molecular formula is C19H19N3O6. The van der Waals surface area contributed by atoms with Crippen molar-refractivity contribution in [1.82, 2.24) is 5.43 Å². The second kappa shape index (κ2) is 9.72. The number of aryl methyl sites for hydroxylation is 1. The van der Waals surface area contributed by atoms with Crippen LogP contribution in [0.5, 0.6) is 11.5 Å². The van der Waals surface area contributed by atoms with Crippen LogP contribution < -0.4 is 20.2 Å². The summed E-state index contributed by atoms with van der Waals surface area (Å²) in [5.41, 5.74) is 4.19. The molecule has 0 heterocycles. The van der Waals surface area contributed by atoms with Crippen molar-refractivity contribution in [3.63, 3.8) is 0 Å². The van der Waals surface area contributed by atoms with Crippen LogP contribution in [-0.2, 0) is 14.4 Å². The molecule has 0 aliphatic carbocycles. The van der Waals surface area contributed by atoms with E-state index >= 15 is 0 Å². The van der Waals surface area contributed by atoms with Crippen molar-refractivity contribution in [1.29, 1.82) is 0 Å². The van der Waals surface area contributed by atoms with Crippen LogP contribution in [0.3, 0.4) is 0 Å². The molecule has 0 radical (unpaired) electrons. The van der Waals surface area contributed by atoms with E-state index in [1.165, 1.54) is 19.4 Å². The number of benzene rings is 2. The van der Waals surface area contributed by atoms with Gasteiger partial charge >= 0.3 is 17.8 Å². The fourth-order valence-corrected chi connectivity index (χ4v) is 2.06. The Balaban J connectivity index is 1.93. The maximum Gasteiger partial charge on any atom is 0.341 e. The van der Waals surface area contributed by atoms with Crippen molar-refractivity contribution in [2.45, 2.75) is 6.92 Å². The zero-order chi connectivity index (χ0) is 20.5. The lowest BCUT2D eigenvalue weighted by Crippen LogP contribution is -2.32. The minimum absolute atomic E-state index is 0.253. The zero-order valence-corrected chi connectivity index (χ0v) is 15.3. The molecule has 0 aliphatic heterocycles. The molecule has 9 heteroatoms. The molecule has 2 aromatic rings. The number of methoxy groups -OCH3 is 1. The average molecular weight is 385 g/mol. The highest BCUT2D eigenvalue weighted by molar-refractivity contribution is 6.39. The summed E-state index contributed by atoms with van der Waals surface area (Å²) >= 11 is 0. The molecule has 0 atom stereocenters. The Bertz CT molecular complexity index is 893. The van der Waals surface area contributed by atoms with Crippen LogP contribution in [0.2, 0.25) is 0 Å². The number of ether oxygens (including phenoxy) is 2. The molecule has 2 aromatic carbocycles. The minimum atomic E-state index is -1.11. The molecule has 28 heavy (non-hydrogen) atoms.